The molecule has 1 saturated heterocycles. The Morgan fingerprint density at radius 1 is 1.52 bits per heavy atom. The van der Waals surface area contributed by atoms with Gasteiger partial charge in [-0.3, -0.25) is 4.79 Å². The number of thiophene rings is 1. The second kappa shape index (κ2) is 7.09. The summed E-state index contributed by atoms with van der Waals surface area (Å²) in [6.07, 6.45) is 3.10. The molecule has 1 amide bonds. The number of aliphatic hydroxyl groups is 1. The van der Waals surface area contributed by atoms with Crippen LogP contribution >= 0.6 is 23.7 Å². The Kier molecular flexibility index (Phi) is 5.66. The molecule has 2 heterocycles. The molecule has 21 heavy (non-hydrogen) atoms. The maximum atomic E-state index is 12.2. The highest BCUT2D eigenvalue weighted by Crippen LogP contribution is 2.32. The first-order chi connectivity index (χ1) is 9.63. The maximum Gasteiger partial charge on any atom is 0.261 e. The topological polar surface area (TPSA) is 61.4 Å². The van der Waals surface area contributed by atoms with Crippen LogP contribution in [0.25, 0.3) is 0 Å². The van der Waals surface area contributed by atoms with Gasteiger partial charge in [-0.1, -0.05) is 6.92 Å². The number of β-amino-alcohol motifs (C(OH)–C–C–N with tert-alkyl or cyclic N) is 1. The Balaban J connectivity index is 0.00000161. The molecular formula is C15H23ClN2O2S. The van der Waals surface area contributed by atoms with Crippen molar-refractivity contribution in [2.45, 2.75) is 32.3 Å². The lowest BCUT2D eigenvalue weighted by Crippen LogP contribution is -2.34. The number of rotatable bonds is 3. The summed E-state index contributed by atoms with van der Waals surface area (Å²) in [5.41, 5.74) is 1.36. The summed E-state index contributed by atoms with van der Waals surface area (Å²) in [5.74, 6) is 0.873. The minimum absolute atomic E-state index is 0. The minimum Gasteiger partial charge on any atom is -0.391 e. The number of carbonyl (C=O) groups is 1. The molecule has 0 radical (unpaired) electrons. The first kappa shape index (κ1) is 16.7. The first-order valence-electron chi connectivity index (χ1n) is 7.42. The van der Waals surface area contributed by atoms with E-state index in [-0.39, 0.29) is 30.3 Å². The Bertz CT molecular complexity index is 506. The molecule has 1 aliphatic carbocycles. The molecule has 1 aromatic rings. The standard InChI is InChI=1S/C15H22N2O2S.ClH/c1-9-2-3-13-10(4-9)5-14(20-13)15(19)17-7-11-6-16-8-12(11)18;/h5,9,11-12,16,18H,2-4,6-8H2,1H3,(H,17,19);1H. The molecule has 0 saturated carbocycles. The van der Waals surface area contributed by atoms with E-state index in [9.17, 15) is 9.90 Å². The summed E-state index contributed by atoms with van der Waals surface area (Å²) in [7, 11) is 0. The largest absolute Gasteiger partial charge is 0.391 e. The summed E-state index contributed by atoms with van der Waals surface area (Å²) >= 11 is 1.64. The predicted octanol–water partition coefficient (Wildman–Crippen LogP) is 1.60. The average Bonchev–Trinajstić information content (AvgIpc) is 3.01. The molecule has 2 aliphatic rings. The van der Waals surface area contributed by atoms with Gasteiger partial charge in [-0.05, 0) is 36.8 Å². The number of carbonyl (C=O) groups excluding carboxylic acids is 1. The normalized spacial score (nSPS) is 27.8. The van der Waals surface area contributed by atoms with E-state index in [2.05, 4.69) is 23.6 Å². The zero-order chi connectivity index (χ0) is 14.1. The van der Waals surface area contributed by atoms with Gasteiger partial charge in [-0.2, -0.15) is 0 Å². The van der Waals surface area contributed by atoms with Crippen molar-refractivity contribution in [1.29, 1.82) is 0 Å². The molecule has 118 valence electrons. The van der Waals surface area contributed by atoms with Gasteiger partial charge in [-0.15, -0.1) is 23.7 Å². The van der Waals surface area contributed by atoms with Gasteiger partial charge in [0.25, 0.3) is 5.91 Å². The third-order valence-electron chi connectivity index (χ3n) is 4.38. The molecule has 1 aromatic heterocycles. The molecule has 3 unspecified atom stereocenters. The molecule has 0 aromatic carbocycles. The zero-order valence-electron chi connectivity index (χ0n) is 12.2. The van der Waals surface area contributed by atoms with Crippen LogP contribution < -0.4 is 10.6 Å². The summed E-state index contributed by atoms with van der Waals surface area (Å²) in [4.78, 5) is 14.4. The van der Waals surface area contributed by atoms with Crippen LogP contribution in [0.4, 0.5) is 0 Å². The number of nitrogens with one attached hydrogen (secondary N) is 2. The van der Waals surface area contributed by atoms with Crippen molar-refractivity contribution >= 4 is 29.7 Å². The lowest BCUT2D eigenvalue weighted by atomic mass is 9.90. The van der Waals surface area contributed by atoms with Crippen LogP contribution in [0.5, 0.6) is 0 Å². The van der Waals surface area contributed by atoms with E-state index in [4.69, 9.17) is 0 Å². The molecule has 0 bridgehead atoms. The molecule has 3 rings (SSSR count). The predicted molar refractivity (Wildman–Crippen MR) is 87.5 cm³/mol. The van der Waals surface area contributed by atoms with Crippen LogP contribution in [0, 0.1) is 11.8 Å². The number of amides is 1. The lowest BCUT2D eigenvalue weighted by molar-refractivity contribution is 0.0931. The molecule has 3 atom stereocenters. The number of hydrogen-bond donors (Lipinski definition) is 3. The summed E-state index contributed by atoms with van der Waals surface area (Å²) < 4.78 is 0. The van der Waals surface area contributed by atoms with E-state index in [0.29, 0.717) is 13.1 Å². The van der Waals surface area contributed by atoms with Gasteiger partial charge >= 0.3 is 0 Å². The maximum absolute atomic E-state index is 12.2. The summed E-state index contributed by atoms with van der Waals surface area (Å²) in [6, 6.07) is 2.06. The van der Waals surface area contributed by atoms with Gasteiger partial charge in [0, 0.05) is 30.4 Å². The third kappa shape index (κ3) is 3.77. The zero-order valence-corrected chi connectivity index (χ0v) is 13.9. The van der Waals surface area contributed by atoms with Gasteiger partial charge in [-0.25, -0.2) is 0 Å². The second-order valence-electron chi connectivity index (χ2n) is 6.10. The number of aliphatic hydroxyl groups excluding tert-OH is 1. The fourth-order valence-electron chi connectivity index (χ4n) is 3.06. The van der Waals surface area contributed by atoms with E-state index in [1.54, 1.807) is 11.3 Å². The van der Waals surface area contributed by atoms with Crippen LogP contribution in [0.15, 0.2) is 6.07 Å². The second-order valence-corrected chi connectivity index (χ2v) is 7.24. The van der Waals surface area contributed by atoms with Gasteiger partial charge in [0.2, 0.25) is 0 Å². The molecule has 3 N–H and O–H groups in total. The van der Waals surface area contributed by atoms with Crippen molar-refractivity contribution in [3.05, 3.63) is 21.4 Å². The molecule has 4 nitrogen and oxygen atoms in total. The Labute approximate surface area is 135 Å². The van der Waals surface area contributed by atoms with Crippen LogP contribution in [0.3, 0.4) is 0 Å². The highest BCUT2D eigenvalue weighted by atomic mass is 35.5. The minimum atomic E-state index is -0.340. The van der Waals surface area contributed by atoms with Crippen LogP contribution in [-0.4, -0.2) is 36.8 Å². The number of fused-ring (bicyclic) bond motifs is 1. The first-order valence-corrected chi connectivity index (χ1v) is 8.23. The fraction of sp³-hybridized carbons (Fsp3) is 0.667. The highest BCUT2D eigenvalue weighted by molar-refractivity contribution is 7.14. The Morgan fingerprint density at radius 3 is 3.05 bits per heavy atom. The third-order valence-corrected chi connectivity index (χ3v) is 5.62. The quantitative estimate of drug-likeness (QED) is 0.789. The van der Waals surface area contributed by atoms with E-state index < -0.39 is 0 Å². The molecule has 6 heteroatoms. The van der Waals surface area contributed by atoms with Gasteiger partial charge in [0.15, 0.2) is 0 Å². The lowest BCUT2D eigenvalue weighted by Gasteiger charge is -2.16. The van der Waals surface area contributed by atoms with E-state index in [1.807, 2.05) is 0 Å². The van der Waals surface area contributed by atoms with Crippen molar-refractivity contribution in [3.8, 4) is 0 Å². The Morgan fingerprint density at radius 2 is 2.33 bits per heavy atom. The van der Waals surface area contributed by atoms with Crippen LogP contribution in [-0.2, 0) is 12.8 Å². The number of halogens is 1. The fourth-order valence-corrected chi connectivity index (χ4v) is 4.18. The smallest absolute Gasteiger partial charge is 0.261 e. The van der Waals surface area contributed by atoms with Crippen molar-refractivity contribution in [3.63, 3.8) is 0 Å². The summed E-state index contributed by atoms with van der Waals surface area (Å²) in [5, 5.41) is 15.8. The van der Waals surface area contributed by atoms with E-state index in [1.165, 1.54) is 16.9 Å². The van der Waals surface area contributed by atoms with E-state index in [0.717, 1.165) is 30.2 Å². The van der Waals surface area contributed by atoms with Crippen LogP contribution in [0.1, 0.15) is 33.5 Å². The number of hydrogen-bond acceptors (Lipinski definition) is 4. The Hall–Kier alpha value is -0.620. The van der Waals surface area contributed by atoms with Crippen molar-refractivity contribution in [1.82, 2.24) is 10.6 Å². The average molecular weight is 331 g/mol. The summed E-state index contributed by atoms with van der Waals surface area (Å²) in [6.45, 7) is 4.23. The van der Waals surface area contributed by atoms with Crippen molar-refractivity contribution < 1.29 is 9.90 Å². The van der Waals surface area contributed by atoms with Crippen molar-refractivity contribution in [2.24, 2.45) is 11.8 Å². The molecule has 1 aliphatic heterocycles. The van der Waals surface area contributed by atoms with Gasteiger partial charge in [0.05, 0.1) is 11.0 Å². The molecular weight excluding hydrogens is 308 g/mol. The van der Waals surface area contributed by atoms with Gasteiger partial charge < -0.3 is 15.7 Å². The monoisotopic (exact) mass is 330 g/mol. The number of aryl methyl sites for hydroxylation is 1. The van der Waals surface area contributed by atoms with Crippen molar-refractivity contribution in [2.75, 3.05) is 19.6 Å². The highest BCUT2D eigenvalue weighted by Gasteiger charge is 2.26. The molecule has 0 spiro atoms. The molecule has 1 fully saturated rings. The van der Waals surface area contributed by atoms with E-state index >= 15 is 0 Å². The van der Waals surface area contributed by atoms with Crippen LogP contribution in [0.2, 0.25) is 0 Å². The SMILES string of the molecule is CC1CCc2sc(C(=O)NCC3CNCC3O)cc2C1.Cl. The van der Waals surface area contributed by atoms with Gasteiger partial charge in [0.1, 0.15) is 0 Å².